The molecule has 7 aliphatic rings. The second-order valence-corrected chi connectivity index (χ2v) is 25.5. The van der Waals surface area contributed by atoms with E-state index in [0.29, 0.717) is 92.8 Å². The number of aromatic nitrogens is 3. The monoisotopic (exact) mass is 1120 g/mol. The number of piperazine rings is 1. The molecule has 3 saturated heterocycles. The number of rotatable bonds is 13. The van der Waals surface area contributed by atoms with E-state index in [1.54, 1.807) is 6.07 Å². The predicted octanol–water partition coefficient (Wildman–Crippen LogP) is 8.41. The number of amides is 1. The molecule has 2 aliphatic carbocycles. The average Bonchev–Trinajstić information content (AvgIpc) is 3.98. The molecular formula is C60H70N10O10S. The van der Waals surface area contributed by atoms with Crippen LogP contribution in [0.3, 0.4) is 0 Å². The average molecular weight is 1120 g/mol. The molecular weight excluding hydrogens is 1050 g/mol. The molecule has 5 aliphatic heterocycles. The number of piperidine rings is 1. The van der Waals surface area contributed by atoms with Gasteiger partial charge in [-0.25, -0.2) is 18.1 Å². The van der Waals surface area contributed by atoms with Crippen molar-refractivity contribution in [2.24, 2.45) is 11.3 Å². The van der Waals surface area contributed by atoms with Crippen molar-refractivity contribution in [2.75, 3.05) is 80.8 Å². The van der Waals surface area contributed by atoms with Crippen LogP contribution in [0.5, 0.6) is 17.5 Å². The maximum Gasteiger partial charge on any atom is 0.293 e. The number of nitrogens with zero attached hydrogens (tertiary/aromatic N) is 7. The van der Waals surface area contributed by atoms with E-state index in [1.165, 1.54) is 23.3 Å². The Bertz CT molecular complexity index is 3480. The van der Waals surface area contributed by atoms with E-state index in [2.05, 4.69) is 76.9 Å². The Balaban J connectivity index is 0.747. The van der Waals surface area contributed by atoms with Crippen LogP contribution in [0, 0.1) is 28.4 Å². The minimum atomic E-state index is -4.64. The van der Waals surface area contributed by atoms with E-state index < -0.39 is 43.1 Å². The molecule has 20 nitrogen and oxygen atoms in total. The van der Waals surface area contributed by atoms with Gasteiger partial charge in [0.15, 0.2) is 5.75 Å². The van der Waals surface area contributed by atoms with Crippen molar-refractivity contribution < 1.29 is 42.2 Å². The molecule has 6 aromatic rings. The zero-order valence-corrected chi connectivity index (χ0v) is 46.7. The Morgan fingerprint density at radius 3 is 2.54 bits per heavy atom. The number of H-pyrrole nitrogens is 1. The third kappa shape index (κ3) is 10.6. The molecule has 1 spiro atoms. The van der Waals surface area contributed by atoms with Crippen molar-refractivity contribution in [1.29, 1.82) is 0 Å². The number of aryl methyl sites for hydroxylation is 1. The molecule has 4 N–H and O–H groups in total. The quantitative estimate of drug-likeness (QED) is 0.0628. The van der Waals surface area contributed by atoms with Crippen LogP contribution in [-0.4, -0.2) is 139 Å². The fourth-order valence-electron chi connectivity index (χ4n) is 13.8. The Kier molecular flexibility index (Phi) is 14.1. The number of aromatic amines is 1. The fourth-order valence-corrected chi connectivity index (χ4v) is 14.8. The number of nitro benzene ring substituents is 1. The number of ether oxygens (including phenoxy) is 4. The van der Waals surface area contributed by atoms with Crippen LogP contribution >= 0.6 is 0 Å². The summed E-state index contributed by atoms with van der Waals surface area (Å²) in [7, 11) is -4.64. The number of hydrogen-bond acceptors (Lipinski definition) is 17. The Morgan fingerprint density at radius 2 is 1.73 bits per heavy atom. The number of nitro groups is 1. The highest BCUT2D eigenvalue weighted by atomic mass is 32.2. The van der Waals surface area contributed by atoms with Gasteiger partial charge in [0.25, 0.3) is 27.5 Å². The number of nitrogens with one attached hydrogen (secondary N) is 3. The molecule has 2 saturated carbocycles. The molecule has 13 rings (SSSR count). The number of carbonyl (C=O) groups excluding carboxylic acids is 1. The lowest BCUT2D eigenvalue weighted by Gasteiger charge is -2.58. The molecule has 0 bridgehead atoms. The van der Waals surface area contributed by atoms with Gasteiger partial charge < -0.3 is 44.2 Å². The van der Waals surface area contributed by atoms with Gasteiger partial charge in [-0.05, 0) is 148 Å². The van der Waals surface area contributed by atoms with Gasteiger partial charge in [0.2, 0.25) is 5.88 Å². The summed E-state index contributed by atoms with van der Waals surface area (Å²) < 4.78 is 54.9. The number of pyridine rings is 2. The maximum absolute atomic E-state index is 14.8. The van der Waals surface area contributed by atoms with Crippen LogP contribution in [0.4, 0.5) is 28.4 Å². The lowest BCUT2D eigenvalue weighted by Crippen LogP contribution is -2.59. The van der Waals surface area contributed by atoms with Crippen molar-refractivity contribution >= 4 is 55.4 Å². The molecule has 3 aromatic carbocycles. The van der Waals surface area contributed by atoms with E-state index >= 15 is 0 Å². The van der Waals surface area contributed by atoms with Gasteiger partial charge in [-0.3, -0.25) is 24.7 Å². The molecule has 426 valence electrons. The molecule has 8 heterocycles. The van der Waals surface area contributed by atoms with Crippen molar-refractivity contribution in [2.45, 2.75) is 113 Å². The number of sulfonamides is 1. The van der Waals surface area contributed by atoms with Crippen molar-refractivity contribution in [3.05, 3.63) is 124 Å². The number of aliphatic hydroxyl groups is 1. The first-order chi connectivity index (χ1) is 39.1. The Hall–Kier alpha value is -7.04. The zero-order chi connectivity index (χ0) is 55.6. The molecule has 0 radical (unpaired) electrons. The van der Waals surface area contributed by atoms with E-state index in [4.69, 9.17) is 23.9 Å². The van der Waals surface area contributed by atoms with Crippen LogP contribution in [-0.2, 0) is 21.3 Å². The molecule has 5 fully saturated rings. The van der Waals surface area contributed by atoms with Crippen LogP contribution < -0.4 is 34.0 Å². The second-order valence-electron chi connectivity index (χ2n) is 23.8. The minimum Gasteiger partial charge on any atom is -0.484 e. The molecule has 81 heavy (non-hydrogen) atoms. The van der Waals surface area contributed by atoms with E-state index in [-0.39, 0.29) is 34.7 Å². The molecule has 3 aromatic heterocycles. The largest absolute Gasteiger partial charge is 0.484 e. The predicted molar refractivity (Wildman–Crippen MR) is 305 cm³/mol. The van der Waals surface area contributed by atoms with Crippen LogP contribution in [0.2, 0.25) is 0 Å². The fraction of sp³-hybridized carbons (Fsp3) is 0.483. The summed E-state index contributed by atoms with van der Waals surface area (Å²) in [5.41, 5.74) is 5.80. The standard InChI is InChI=1S/C60H70N10O10S/c1-38-5-3-4-6-45(38)52-36-66(35-40-27-53-58(63-34-40)79-26-25-78-53)22-23-68(52)43-31-60(32-43)17-20-67(21-18-60)42-7-9-46(49(29-42)69-48-14-24-77-37-54(48)80-57-51(69)28-41-13-19-61-55(41)64-57)56(71)65-81(75,76)44-8-10-47(50(30-44)70(73)74)62-33-39-11-15-59(2,72)16-12-39/h3-10,13,19,27-30,34,39,43,48,52,54,62,72H,11-12,14-18,20-26,31-33,35-37H2,1-2H3,(H,61,64)(H,65,71)/t39?,48-,52-,54-,59?/m0/s1. The lowest BCUT2D eigenvalue weighted by atomic mass is 9.59. The highest BCUT2D eigenvalue weighted by molar-refractivity contribution is 7.90. The zero-order valence-electron chi connectivity index (χ0n) is 45.8. The van der Waals surface area contributed by atoms with Crippen LogP contribution in [0.25, 0.3) is 11.0 Å². The lowest BCUT2D eigenvalue weighted by molar-refractivity contribution is -0.384. The summed E-state index contributed by atoms with van der Waals surface area (Å²) in [6, 6.07) is 24.4. The summed E-state index contributed by atoms with van der Waals surface area (Å²) in [5.74, 6) is 0.945. The minimum absolute atomic E-state index is 0.107. The Morgan fingerprint density at radius 1 is 0.914 bits per heavy atom. The van der Waals surface area contributed by atoms with Crippen molar-refractivity contribution in [3.8, 4) is 17.5 Å². The number of fused-ring (bicyclic) bond motifs is 4. The molecule has 21 heteroatoms. The van der Waals surface area contributed by atoms with Gasteiger partial charge in [-0.1, -0.05) is 24.3 Å². The molecule has 1 amide bonds. The van der Waals surface area contributed by atoms with Crippen molar-refractivity contribution in [3.63, 3.8) is 0 Å². The molecule has 3 atom stereocenters. The highest BCUT2D eigenvalue weighted by Gasteiger charge is 2.50. The summed E-state index contributed by atoms with van der Waals surface area (Å²) in [6.07, 6.45) is 10.9. The number of anilines is 4. The summed E-state index contributed by atoms with van der Waals surface area (Å²) >= 11 is 0. The number of benzene rings is 3. The highest BCUT2D eigenvalue weighted by Crippen LogP contribution is 2.54. The maximum atomic E-state index is 14.8. The van der Waals surface area contributed by atoms with E-state index in [9.17, 15) is 28.4 Å². The van der Waals surface area contributed by atoms with E-state index in [0.717, 1.165) is 100 Å². The first-order valence-corrected chi connectivity index (χ1v) is 30.1. The summed E-state index contributed by atoms with van der Waals surface area (Å²) in [5, 5.41) is 26.9. The first-order valence-electron chi connectivity index (χ1n) is 28.7. The normalized spacial score (nSPS) is 24.9. The van der Waals surface area contributed by atoms with Gasteiger partial charge in [0, 0.05) is 94.0 Å². The summed E-state index contributed by atoms with van der Waals surface area (Å²) in [4.78, 5) is 48.6. The van der Waals surface area contributed by atoms with Crippen LogP contribution in [0.15, 0.2) is 96.2 Å². The van der Waals surface area contributed by atoms with Gasteiger partial charge >= 0.3 is 0 Å². The Labute approximate surface area is 471 Å². The first kappa shape index (κ1) is 53.3. The molecule has 0 unspecified atom stereocenters. The number of carbonyl (C=O) groups is 1. The topological polar surface area (TPSA) is 230 Å². The van der Waals surface area contributed by atoms with Crippen molar-refractivity contribution in [1.82, 2.24) is 29.5 Å². The van der Waals surface area contributed by atoms with Crippen LogP contribution in [0.1, 0.15) is 97.8 Å². The summed E-state index contributed by atoms with van der Waals surface area (Å²) in [6.45, 7) is 11.5. The SMILES string of the molecule is Cc1ccccc1[C@@H]1CN(Cc2cnc3c(c2)OCCO3)CCN1C1CC2(CCN(c3ccc(C(=O)NS(=O)(=O)c4ccc(NCC5CCC(C)(O)CC5)c([N+](=O)[O-])c4)c(N4c5cc6cc[nH]c6nc5O[C@H]5COCC[C@@H]54)c3)CC2)C1. The third-order valence-electron chi connectivity index (χ3n) is 18.5. The smallest absolute Gasteiger partial charge is 0.293 e. The van der Waals surface area contributed by atoms with E-state index in [1.807, 2.05) is 43.6 Å². The number of hydrogen-bond donors (Lipinski definition) is 4. The van der Waals surface area contributed by atoms with Gasteiger partial charge in [0.05, 0.1) is 39.3 Å². The third-order valence-corrected chi connectivity index (χ3v) is 19.8. The second kappa shape index (κ2) is 21.4. The van der Waals surface area contributed by atoms with Gasteiger partial charge in [-0.15, -0.1) is 0 Å². The van der Waals surface area contributed by atoms with Gasteiger partial charge in [0.1, 0.15) is 36.3 Å². The van der Waals surface area contributed by atoms with Gasteiger partial charge in [-0.2, -0.15) is 4.98 Å².